The molecule has 0 atom stereocenters. The molecule has 4 rings (SSSR count). The first-order valence-electron chi connectivity index (χ1n) is 12.4. The predicted octanol–water partition coefficient (Wildman–Crippen LogP) is 6.19. The van der Waals surface area contributed by atoms with E-state index < -0.39 is 15.9 Å². The predicted molar refractivity (Wildman–Crippen MR) is 157 cm³/mol. The zero-order chi connectivity index (χ0) is 28.5. The second-order valence-corrected chi connectivity index (χ2v) is 10.9. The first kappa shape index (κ1) is 28.7. The van der Waals surface area contributed by atoms with Crippen molar-refractivity contribution < 1.29 is 22.7 Å². The van der Waals surface area contributed by atoms with Crippen LogP contribution in [0.1, 0.15) is 34.0 Å². The Labute approximate surface area is 238 Å². The molecule has 0 unspecified atom stereocenters. The van der Waals surface area contributed by atoms with Gasteiger partial charge in [-0.1, -0.05) is 41.4 Å². The number of nitrogens with one attached hydrogen (secondary N) is 2. The molecule has 0 aliphatic carbocycles. The SMILES string of the molecule is CCOc1cc(C=NNC(=O)c2ccc(NS(=O)(=O)c3ccc(C)cc3)cc2)ccc1OCc1ccc(Cl)cc1. The van der Waals surface area contributed by atoms with Crippen LogP contribution in [0.5, 0.6) is 11.5 Å². The summed E-state index contributed by atoms with van der Waals surface area (Å²) in [6, 6.07) is 25.3. The van der Waals surface area contributed by atoms with Crippen molar-refractivity contribution in [1.29, 1.82) is 0 Å². The lowest BCUT2D eigenvalue weighted by atomic mass is 10.2. The van der Waals surface area contributed by atoms with Gasteiger partial charge in [0.1, 0.15) is 6.61 Å². The molecule has 40 heavy (non-hydrogen) atoms. The van der Waals surface area contributed by atoms with E-state index in [1.165, 1.54) is 42.6 Å². The molecular formula is C30H28ClN3O5S. The summed E-state index contributed by atoms with van der Waals surface area (Å²) in [6.07, 6.45) is 1.49. The largest absolute Gasteiger partial charge is 0.490 e. The number of hydrogen-bond acceptors (Lipinski definition) is 6. The molecule has 1 amide bonds. The molecule has 0 spiro atoms. The van der Waals surface area contributed by atoms with Gasteiger partial charge < -0.3 is 9.47 Å². The fourth-order valence-electron chi connectivity index (χ4n) is 3.59. The Morgan fingerprint density at radius 2 is 1.60 bits per heavy atom. The standard InChI is InChI=1S/C30H28ClN3O5S/c1-3-38-29-18-23(8-17-28(29)39-20-22-6-11-25(31)12-7-22)19-32-33-30(35)24-9-13-26(14-10-24)34-40(36,37)27-15-4-21(2)5-16-27/h4-19,34H,3,20H2,1-2H3,(H,33,35). The molecule has 0 aliphatic rings. The van der Waals surface area contributed by atoms with Gasteiger partial charge in [-0.05, 0) is 91.7 Å². The number of benzene rings is 4. The normalized spacial score (nSPS) is 11.3. The molecule has 0 aliphatic heterocycles. The minimum atomic E-state index is -3.74. The molecule has 2 N–H and O–H groups in total. The summed E-state index contributed by atoms with van der Waals surface area (Å²) in [6.45, 7) is 4.56. The van der Waals surface area contributed by atoms with Gasteiger partial charge in [-0.3, -0.25) is 9.52 Å². The Balaban J connectivity index is 1.35. The summed E-state index contributed by atoms with van der Waals surface area (Å²) in [4.78, 5) is 12.7. The number of aryl methyl sites for hydroxylation is 1. The molecule has 0 aromatic heterocycles. The van der Waals surface area contributed by atoms with E-state index in [2.05, 4.69) is 15.2 Å². The Bertz CT molecular complexity index is 1590. The van der Waals surface area contributed by atoms with Gasteiger partial charge in [0.2, 0.25) is 0 Å². The molecule has 0 fully saturated rings. The second-order valence-electron chi connectivity index (χ2n) is 8.75. The van der Waals surface area contributed by atoms with E-state index >= 15 is 0 Å². The summed E-state index contributed by atoms with van der Waals surface area (Å²) in [7, 11) is -3.74. The van der Waals surface area contributed by atoms with Crippen molar-refractivity contribution in [2.24, 2.45) is 5.10 Å². The number of halogens is 1. The van der Waals surface area contributed by atoms with Gasteiger partial charge in [0, 0.05) is 16.3 Å². The molecule has 10 heteroatoms. The maximum Gasteiger partial charge on any atom is 0.271 e. The quantitative estimate of drug-likeness (QED) is 0.163. The third-order valence-electron chi connectivity index (χ3n) is 5.69. The number of carbonyl (C=O) groups is 1. The van der Waals surface area contributed by atoms with Crippen molar-refractivity contribution in [3.05, 3.63) is 118 Å². The van der Waals surface area contributed by atoms with Crippen LogP contribution in [0.25, 0.3) is 0 Å². The Morgan fingerprint density at radius 3 is 2.27 bits per heavy atom. The Morgan fingerprint density at radius 1 is 0.900 bits per heavy atom. The van der Waals surface area contributed by atoms with Crippen LogP contribution in [0.4, 0.5) is 5.69 Å². The zero-order valence-corrected chi connectivity index (χ0v) is 23.5. The molecule has 4 aromatic rings. The molecule has 206 valence electrons. The molecule has 4 aromatic carbocycles. The number of rotatable bonds is 11. The molecule has 8 nitrogen and oxygen atoms in total. The molecule has 0 heterocycles. The van der Waals surface area contributed by atoms with Crippen LogP contribution >= 0.6 is 11.6 Å². The number of nitrogens with zero attached hydrogens (tertiary/aromatic N) is 1. The highest BCUT2D eigenvalue weighted by Gasteiger charge is 2.14. The molecule has 0 bridgehead atoms. The number of sulfonamides is 1. The van der Waals surface area contributed by atoms with Gasteiger partial charge >= 0.3 is 0 Å². The van der Waals surface area contributed by atoms with Crippen molar-refractivity contribution >= 4 is 39.4 Å². The van der Waals surface area contributed by atoms with Crippen LogP contribution in [-0.4, -0.2) is 27.1 Å². The van der Waals surface area contributed by atoms with E-state index in [9.17, 15) is 13.2 Å². The van der Waals surface area contributed by atoms with E-state index in [1.54, 1.807) is 42.5 Å². The van der Waals surface area contributed by atoms with Crippen molar-refractivity contribution in [1.82, 2.24) is 5.43 Å². The van der Waals surface area contributed by atoms with Crippen molar-refractivity contribution in [2.75, 3.05) is 11.3 Å². The number of anilines is 1. The number of hydrazone groups is 1. The molecule has 0 radical (unpaired) electrons. The van der Waals surface area contributed by atoms with E-state index in [0.29, 0.717) is 46.5 Å². The number of carbonyl (C=O) groups excluding carboxylic acids is 1. The van der Waals surface area contributed by atoms with Gasteiger partial charge in [-0.2, -0.15) is 5.10 Å². The maximum atomic E-state index is 12.6. The molecular weight excluding hydrogens is 550 g/mol. The lowest BCUT2D eigenvalue weighted by molar-refractivity contribution is 0.0955. The smallest absolute Gasteiger partial charge is 0.271 e. The number of amides is 1. The first-order chi connectivity index (χ1) is 19.2. The highest BCUT2D eigenvalue weighted by atomic mass is 35.5. The summed E-state index contributed by atoms with van der Waals surface area (Å²) in [5.74, 6) is 0.684. The van der Waals surface area contributed by atoms with Crippen molar-refractivity contribution in [2.45, 2.75) is 25.3 Å². The second kappa shape index (κ2) is 13.1. The Kier molecular flexibility index (Phi) is 9.42. The first-order valence-corrected chi connectivity index (χ1v) is 14.3. The fourth-order valence-corrected chi connectivity index (χ4v) is 4.77. The van der Waals surface area contributed by atoms with Gasteiger partial charge in [0.15, 0.2) is 11.5 Å². The monoisotopic (exact) mass is 577 g/mol. The third-order valence-corrected chi connectivity index (χ3v) is 7.33. The summed E-state index contributed by atoms with van der Waals surface area (Å²) >= 11 is 5.94. The van der Waals surface area contributed by atoms with Crippen LogP contribution in [-0.2, 0) is 16.6 Å². The maximum absolute atomic E-state index is 12.6. The van der Waals surface area contributed by atoms with Crippen LogP contribution < -0.4 is 19.6 Å². The van der Waals surface area contributed by atoms with Gasteiger partial charge in [0.05, 0.1) is 17.7 Å². The average molecular weight is 578 g/mol. The van der Waals surface area contributed by atoms with Crippen molar-refractivity contribution in [3.8, 4) is 11.5 Å². The van der Waals surface area contributed by atoms with E-state index in [4.69, 9.17) is 21.1 Å². The van der Waals surface area contributed by atoms with E-state index in [-0.39, 0.29) is 4.90 Å². The van der Waals surface area contributed by atoms with Crippen LogP contribution in [0, 0.1) is 6.92 Å². The zero-order valence-electron chi connectivity index (χ0n) is 21.9. The lowest BCUT2D eigenvalue weighted by Crippen LogP contribution is -2.18. The van der Waals surface area contributed by atoms with Crippen LogP contribution in [0.2, 0.25) is 5.02 Å². The molecule has 0 saturated carbocycles. The van der Waals surface area contributed by atoms with Gasteiger partial charge in [0.25, 0.3) is 15.9 Å². The third kappa shape index (κ3) is 7.84. The highest BCUT2D eigenvalue weighted by Crippen LogP contribution is 2.29. The minimum absolute atomic E-state index is 0.155. The number of hydrogen-bond donors (Lipinski definition) is 2. The highest BCUT2D eigenvalue weighted by molar-refractivity contribution is 7.92. The summed E-state index contributed by atoms with van der Waals surface area (Å²) in [5, 5.41) is 4.69. The number of ether oxygens (including phenoxy) is 2. The summed E-state index contributed by atoms with van der Waals surface area (Å²) in [5.41, 5.74) is 5.75. The van der Waals surface area contributed by atoms with Crippen LogP contribution in [0.15, 0.2) is 101 Å². The van der Waals surface area contributed by atoms with Gasteiger partial charge in [-0.25, -0.2) is 13.8 Å². The topological polar surface area (TPSA) is 106 Å². The summed E-state index contributed by atoms with van der Waals surface area (Å²) < 4.78 is 39.3. The van der Waals surface area contributed by atoms with Gasteiger partial charge in [-0.15, -0.1) is 0 Å². The minimum Gasteiger partial charge on any atom is -0.490 e. The van der Waals surface area contributed by atoms with E-state index in [1.807, 2.05) is 26.0 Å². The van der Waals surface area contributed by atoms with E-state index in [0.717, 1.165) is 11.1 Å². The Hall–Kier alpha value is -4.34. The average Bonchev–Trinajstić information content (AvgIpc) is 2.94. The molecule has 0 saturated heterocycles. The lowest BCUT2D eigenvalue weighted by Gasteiger charge is -2.12. The van der Waals surface area contributed by atoms with Crippen LogP contribution in [0.3, 0.4) is 0 Å². The fraction of sp³-hybridized carbons (Fsp3) is 0.133. The van der Waals surface area contributed by atoms with Crippen molar-refractivity contribution in [3.63, 3.8) is 0 Å².